The summed E-state index contributed by atoms with van der Waals surface area (Å²) in [5.74, 6) is -0.378. The molecule has 0 spiro atoms. The van der Waals surface area contributed by atoms with Crippen molar-refractivity contribution in [1.82, 2.24) is 9.97 Å². The fourth-order valence-corrected chi connectivity index (χ4v) is 3.69. The summed E-state index contributed by atoms with van der Waals surface area (Å²) < 4.78 is 5.39. The first-order valence-corrected chi connectivity index (χ1v) is 9.78. The lowest BCUT2D eigenvalue weighted by Gasteiger charge is -2.25. The Balaban J connectivity index is 1.59. The molecule has 2 aliphatic rings. The highest BCUT2D eigenvalue weighted by molar-refractivity contribution is 6.04. The summed E-state index contributed by atoms with van der Waals surface area (Å²) in [6.45, 7) is 4.05. The third-order valence-corrected chi connectivity index (χ3v) is 5.09. The molecule has 9 heteroatoms. The van der Waals surface area contributed by atoms with Crippen molar-refractivity contribution in [3.8, 4) is 5.75 Å². The molecule has 4 rings (SSSR count). The molecule has 2 aromatic rings. The molecular weight excluding hydrogens is 374 g/mol. The molecule has 0 bridgehead atoms. The molecule has 1 fully saturated rings. The number of nitrogens with one attached hydrogen (secondary N) is 3. The Morgan fingerprint density at radius 2 is 1.97 bits per heavy atom. The molecule has 3 heterocycles. The predicted octanol–water partition coefficient (Wildman–Crippen LogP) is 1.83. The zero-order valence-corrected chi connectivity index (χ0v) is 16.2. The van der Waals surface area contributed by atoms with Crippen LogP contribution in [0.3, 0.4) is 0 Å². The van der Waals surface area contributed by atoms with Gasteiger partial charge in [-0.2, -0.15) is 4.98 Å². The standard InChI is InChI=1S/C20H23N5O4/c1-2-29-13-7-5-12(6-8-13)21-18(27)14-11-15(26)22-17-16(14)19(28)24-20(23-17)25-9-3-4-10-25/h5-8,14H,2-4,9-11H2,1H3,(H,21,27)(H2,22,23,24,26,28)/t14-/m0/s1. The Labute approximate surface area is 167 Å². The van der Waals surface area contributed by atoms with Gasteiger partial charge >= 0.3 is 0 Å². The molecule has 152 valence electrons. The summed E-state index contributed by atoms with van der Waals surface area (Å²) in [7, 11) is 0. The molecule has 9 nitrogen and oxygen atoms in total. The summed E-state index contributed by atoms with van der Waals surface area (Å²) in [4.78, 5) is 47.0. The molecule has 2 amide bonds. The zero-order chi connectivity index (χ0) is 20.4. The zero-order valence-electron chi connectivity index (χ0n) is 16.2. The first kappa shape index (κ1) is 19.0. The topological polar surface area (TPSA) is 116 Å². The monoisotopic (exact) mass is 397 g/mol. The number of hydrogen-bond acceptors (Lipinski definition) is 6. The van der Waals surface area contributed by atoms with Crippen LogP contribution in [0.1, 0.15) is 37.7 Å². The second-order valence-electron chi connectivity index (χ2n) is 7.10. The van der Waals surface area contributed by atoms with Crippen LogP contribution >= 0.6 is 0 Å². The molecule has 1 aromatic heterocycles. The predicted molar refractivity (Wildman–Crippen MR) is 109 cm³/mol. The van der Waals surface area contributed by atoms with Crippen LogP contribution in [0.2, 0.25) is 0 Å². The van der Waals surface area contributed by atoms with Gasteiger partial charge in [0.2, 0.25) is 17.8 Å². The highest BCUT2D eigenvalue weighted by Crippen LogP contribution is 2.30. The lowest BCUT2D eigenvalue weighted by Crippen LogP contribution is -2.37. The molecule has 1 aromatic carbocycles. The number of aromatic nitrogens is 2. The Morgan fingerprint density at radius 1 is 1.24 bits per heavy atom. The van der Waals surface area contributed by atoms with E-state index in [1.165, 1.54) is 0 Å². The highest BCUT2D eigenvalue weighted by Gasteiger charge is 2.35. The number of fused-ring (bicyclic) bond motifs is 1. The van der Waals surface area contributed by atoms with Crippen LogP contribution in [0, 0.1) is 0 Å². The molecule has 1 saturated heterocycles. The summed E-state index contributed by atoms with van der Waals surface area (Å²) in [6.07, 6.45) is 1.95. The van der Waals surface area contributed by atoms with E-state index in [0.717, 1.165) is 25.9 Å². The number of hydrogen-bond donors (Lipinski definition) is 3. The smallest absolute Gasteiger partial charge is 0.258 e. The molecule has 0 saturated carbocycles. The third kappa shape index (κ3) is 3.94. The number of ether oxygens (including phenoxy) is 1. The van der Waals surface area contributed by atoms with Crippen LogP contribution in [0.4, 0.5) is 17.5 Å². The Morgan fingerprint density at radius 3 is 2.66 bits per heavy atom. The van der Waals surface area contributed by atoms with E-state index in [2.05, 4.69) is 20.6 Å². The van der Waals surface area contributed by atoms with Crippen molar-refractivity contribution in [3.05, 3.63) is 40.2 Å². The van der Waals surface area contributed by atoms with Gasteiger partial charge in [0.1, 0.15) is 11.6 Å². The van der Waals surface area contributed by atoms with Crippen LogP contribution in [-0.2, 0) is 9.59 Å². The van der Waals surface area contributed by atoms with E-state index in [0.29, 0.717) is 24.0 Å². The van der Waals surface area contributed by atoms with Gasteiger partial charge in [0.25, 0.3) is 5.56 Å². The van der Waals surface area contributed by atoms with Crippen molar-refractivity contribution >= 4 is 29.3 Å². The number of nitrogens with zero attached hydrogens (tertiary/aromatic N) is 2. The second-order valence-corrected chi connectivity index (χ2v) is 7.10. The Bertz CT molecular complexity index is 979. The van der Waals surface area contributed by atoms with Crippen LogP contribution in [0.25, 0.3) is 0 Å². The van der Waals surface area contributed by atoms with Gasteiger partial charge in [-0.05, 0) is 44.0 Å². The number of anilines is 3. The summed E-state index contributed by atoms with van der Waals surface area (Å²) in [5, 5.41) is 5.42. The molecule has 29 heavy (non-hydrogen) atoms. The van der Waals surface area contributed by atoms with Crippen molar-refractivity contribution in [2.45, 2.75) is 32.1 Å². The molecular formula is C20H23N5O4. The first-order valence-electron chi connectivity index (χ1n) is 9.78. The number of rotatable bonds is 5. The van der Waals surface area contributed by atoms with Gasteiger partial charge in [-0.25, -0.2) is 0 Å². The van der Waals surface area contributed by atoms with Gasteiger partial charge in [-0.15, -0.1) is 0 Å². The van der Waals surface area contributed by atoms with Crippen molar-refractivity contribution in [1.29, 1.82) is 0 Å². The molecule has 0 radical (unpaired) electrons. The largest absolute Gasteiger partial charge is 0.494 e. The fourth-order valence-electron chi connectivity index (χ4n) is 3.69. The lowest BCUT2D eigenvalue weighted by atomic mass is 9.92. The van der Waals surface area contributed by atoms with Crippen LogP contribution in [-0.4, -0.2) is 41.5 Å². The number of amides is 2. The molecule has 1 atom stereocenters. The minimum Gasteiger partial charge on any atom is -0.494 e. The van der Waals surface area contributed by atoms with Crippen molar-refractivity contribution in [3.63, 3.8) is 0 Å². The van der Waals surface area contributed by atoms with Gasteiger partial charge < -0.3 is 20.3 Å². The van der Waals surface area contributed by atoms with Crippen molar-refractivity contribution < 1.29 is 14.3 Å². The number of aromatic amines is 1. The maximum Gasteiger partial charge on any atom is 0.258 e. The minimum absolute atomic E-state index is 0.107. The number of carbonyl (C=O) groups excluding carboxylic acids is 2. The van der Waals surface area contributed by atoms with E-state index in [1.54, 1.807) is 24.3 Å². The summed E-state index contributed by atoms with van der Waals surface area (Å²) in [6, 6.07) is 6.92. The van der Waals surface area contributed by atoms with Gasteiger partial charge in [0.05, 0.1) is 18.1 Å². The SMILES string of the molecule is CCOc1ccc(NC(=O)[C@H]2CC(=O)Nc3nc(N4CCCC4)[nH]c(=O)c32)cc1. The quantitative estimate of drug-likeness (QED) is 0.709. The van der Waals surface area contributed by atoms with Gasteiger partial charge in [0, 0.05) is 25.2 Å². The number of carbonyl (C=O) groups is 2. The molecule has 2 aliphatic heterocycles. The third-order valence-electron chi connectivity index (χ3n) is 5.09. The first-order chi connectivity index (χ1) is 14.0. The maximum atomic E-state index is 12.9. The van der Waals surface area contributed by atoms with Gasteiger partial charge in [-0.3, -0.25) is 19.4 Å². The average Bonchev–Trinajstić information content (AvgIpc) is 3.23. The maximum absolute atomic E-state index is 12.9. The van der Waals surface area contributed by atoms with E-state index in [1.807, 2.05) is 11.8 Å². The van der Waals surface area contributed by atoms with Crippen LogP contribution in [0.15, 0.2) is 29.1 Å². The van der Waals surface area contributed by atoms with Crippen molar-refractivity contribution in [2.24, 2.45) is 0 Å². The van der Waals surface area contributed by atoms with E-state index in [9.17, 15) is 14.4 Å². The average molecular weight is 397 g/mol. The van der Waals surface area contributed by atoms with E-state index < -0.39 is 17.4 Å². The summed E-state index contributed by atoms with van der Waals surface area (Å²) in [5.41, 5.74) is 0.351. The lowest BCUT2D eigenvalue weighted by molar-refractivity contribution is -0.123. The minimum atomic E-state index is -0.908. The Kier molecular flexibility index (Phi) is 5.20. The van der Waals surface area contributed by atoms with Crippen molar-refractivity contribution in [2.75, 3.05) is 35.2 Å². The molecule has 0 aliphatic carbocycles. The number of H-pyrrole nitrogens is 1. The summed E-state index contributed by atoms with van der Waals surface area (Å²) >= 11 is 0. The Hall–Kier alpha value is -3.36. The van der Waals surface area contributed by atoms with Crippen LogP contribution < -0.4 is 25.8 Å². The van der Waals surface area contributed by atoms with Crippen LogP contribution in [0.5, 0.6) is 5.75 Å². The highest BCUT2D eigenvalue weighted by atomic mass is 16.5. The van der Waals surface area contributed by atoms with Gasteiger partial charge in [-0.1, -0.05) is 0 Å². The normalized spacial score (nSPS) is 18.2. The fraction of sp³-hybridized carbons (Fsp3) is 0.400. The molecule has 3 N–H and O–H groups in total. The second kappa shape index (κ2) is 7.94. The van der Waals surface area contributed by atoms with E-state index >= 15 is 0 Å². The molecule has 0 unspecified atom stereocenters. The van der Waals surface area contributed by atoms with Gasteiger partial charge in [0.15, 0.2) is 0 Å². The number of benzene rings is 1. The van der Waals surface area contributed by atoms with E-state index in [4.69, 9.17) is 4.74 Å². The van der Waals surface area contributed by atoms with E-state index in [-0.39, 0.29) is 23.7 Å².